The number of furan rings is 1. The summed E-state index contributed by atoms with van der Waals surface area (Å²) in [6, 6.07) is 47.7. The Morgan fingerprint density at radius 1 is 0.447 bits per heavy atom. The molecule has 0 saturated carbocycles. The minimum Gasteiger partial charge on any atom is -0.455 e. The summed E-state index contributed by atoms with van der Waals surface area (Å²) < 4.78 is 6.45. The average Bonchev–Trinajstić information content (AvgIpc) is 3.54. The Hall–Kier alpha value is -6.46. The van der Waals surface area contributed by atoms with E-state index < -0.39 is 0 Å². The van der Waals surface area contributed by atoms with Gasteiger partial charge in [-0.05, 0) is 71.3 Å². The summed E-state index contributed by atoms with van der Waals surface area (Å²) in [6.07, 6.45) is 5.50. The molecule has 0 spiro atoms. The largest absolute Gasteiger partial charge is 0.455 e. The molecule has 0 bridgehead atoms. The molecule has 9 aromatic rings. The number of hydrogen-bond donors (Lipinski definition) is 0. The second-order valence-electron chi connectivity index (χ2n) is 11.5. The molecule has 4 heterocycles. The summed E-state index contributed by atoms with van der Waals surface area (Å²) in [5.74, 6) is 0.647. The van der Waals surface area contributed by atoms with Crippen molar-refractivity contribution in [2.75, 3.05) is 0 Å². The van der Waals surface area contributed by atoms with Crippen molar-refractivity contribution in [1.82, 2.24) is 19.9 Å². The van der Waals surface area contributed by atoms with Gasteiger partial charge in [-0.2, -0.15) is 0 Å². The Morgan fingerprint density at radius 3 is 2.09 bits per heavy atom. The van der Waals surface area contributed by atoms with Gasteiger partial charge in [0.05, 0.1) is 16.9 Å². The minimum absolute atomic E-state index is 0.647. The smallest absolute Gasteiger partial charge is 0.160 e. The predicted molar refractivity (Wildman–Crippen MR) is 190 cm³/mol. The molecule has 5 aromatic carbocycles. The quantitative estimate of drug-likeness (QED) is 0.196. The molecule has 0 aliphatic rings. The highest BCUT2D eigenvalue weighted by Crippen LogP contribution is 2.39. The molecule has 0 radical (unpaired) electrons. The zero-order valence-corrected chi connectivity index (χ0v) is 25.2. The third-order valence-electron chi connectivity index (χ3n) is 8.62. The van der Waals surface area contributed by atoms with Crippen LogP contribution in [0.3, 0.4) is 0 Å². The summed E-state index contributed by atoms with van der Waals surface area (Å²) in [5.41, 5.74) is 11.3. The van der Waals surface area contributed by atoms with E-state index in [4.69, 9.17) is 19.4 Å². The second-order valence-corrected chi connectivity index (χ2v) is 11.5. The fourth-order valence-electron chi connectivity index (χ4n) is 6.38. The molecule has 5 nitrogen and oxygen atoms in total. The fourth-order valence-corrected chi connectivity index (χ4v) is 6.38. The van der Waals surface area contributed by atoms with Crippen molar-refractivity contribution in [1.29, 1.82) is 0 Å². The zero-order valence-electron chi connectivity index (χ0n) is 25.2. The zero-order chi connectivity index (χ0) is 31.2. The van der Waals surface area contributed by atoms with Crippen molar-refractivity contribution < 1.29 is 4.42 Å². The van der Waals surface area contributed by atoms with Gasteiger partial charge in [-0.1, -0.05) is 84.9 Å². The molecule has 4 aromatic heterocycles. The van der Waals surface area contributed by atoms with Gasteiger partial charge in [0.1, 0.15) is 11.2 Å². The molecule has 0 atom stereocenters. The van der Waals surface area contributed by atoms with E-state index in [9.17, 15) is 0 Å². The Morgan fingerprint density at radius 2 is 1.17 bits per heavy atom. The molecule has 9 rings (SSSR count). The van der Waals surface area contributed by atoms with Gasteiger partial charge in [-0.15, -0.1) is 0 Å². The first kappa shape index (κ1) is 26.9. The molecule has 0 fully saturated rings. The summed E-state index contributed by atoms with van der Waals surface area (Å²) in [5, 5.41) is 3.24. The monoisotopic (exact) mass is 602 g/mol. The van der Waals surface area contributed by atoms with Gasteiger partial charge in [0.2, 0.25) is 0 Å². The number of para-hydroxylation sites is 3. The van der Waals surface area contributed by atoms with Crippen molar-refractivity contribution in [2.45, 2.75) is 0 Å². The number of aromatic nitrogens is 4. The molecule has 0 aliphatic carbocycles. The third kappa shape index (κ3) is 4.82. The first-order valence-electron chi connectivity index (χ1n) is 15.5. The lowest BCUT2D eigenvalue weighted by Crippen LogP contribution is -1.97. The maximum absolute atomic E-state index is 6.45. The van der Waals surface area contributed by atoms with Crippen LogP contribution >= 0.6 is 0 Å². The topological polar surface area (TPSA) is 64.7 Å². The second kappa shape index (κ2) is 11.2. The van der Waals surface area contributed by atoms with Crippen LogP contribution in [0.25, 0.3) is 89.0 Å². The van der Waals surface area contributed by atoms with Gasteiger partial charge in [0.15, 0.2) is 5.82 Å². The molecular weight excluding hydrogens is 576 g/mol. The Balaban J connectivity index is 1.31. The first-order valence-corrected chi connectivity index (χ1v) is 15.5. The SMILES string of the molecule is c1ccc(-c2nc(-c3cc(-c4ccncc4)cc(-c4cccc5cccnc45)c3)cc(-c3cccc4c3oc3ccccc34)n2)cc1. The first-order chi connectivity index (χ1) is 23.3. The maximum Gasteiger partial charge on any atom is 0.160 e. The van der Waals surface area contributed by atoms with Crippen LogP contribution in [-0.4, -0.2) is 19.9 Å². The fraction of sp³-hybridized carbons (Fsp3) is 0. The number of hydrogen-bond acceptors (Lipinski definition) is 5. The van der Waals surface area contributed by atoms with Crippen molar-refractivity contribution in [2.24, 2.45) is 0 Å². The van der Waals surface area contributed by atoms with Crippen LogP contribution in [0.1, 0.15) is 0 Å². The molecule has 0 aliphatic heterocycles. The Labute approximate surface area is 270 Å². The minimum atomic E-state index is 0.647. The molecule has 0 N–H and O–H groups in total. The van der Waals surface area contributed by atoms with Gasteiger partial charge >= 0.3 is 0 Å². The van der Waals surface area contributed by atoms with E-state index in [0.717, 1.165) is 83.2 Å². The summed E-state index contributed by atoms with van der Waals surface area (Å²) in [4.78, 5) is 19.4. The summed E-state index contributed by atoms with van der Waals surface area (Å²) in [6.45, 7) is 0. The Bertz CT molecular complexity index is 2570. The summed E-state index contributed by atoms with van der Waals surface area (Å²) >= 11 is 0. The lowest BCUT2D eigenvalue weighted by Gasteiger charge is -2.14. The lowest BCUT2D eigenvalue weighted by atomic mass is 9.93. The highest BCUT2D eigenvalue weighted by atomic mass is 16.3. The molecule has 0 amide bonds. The van der Waals surface area contributed by atoms with Crippen LogP contribution in [0.15, 0.2) is 163 Å². The van der Waals surface area contributed by atoms with E-state index in [1.165, 1.54) is 0 Å². The summed E-state index contributed by atoms with van der Waals surface area (Å²) in [7, 11) is 0. The molecule has 0 unspecified atom stereocenters. The van der Waals surface area contributed by atoms with Gasteiger partial charge in [-0.3, -0.25) is 9.97 Å². The molecule has 47 heavy (non-hydrogen) atoms. The number of nitrogens with zero attached hydrogens (tertiary/aromatic N) is 4. The predicted octanol–water partition coefficient (Wildman–Crippen LogP) is 10.7. The Kier molecular flexibility index (Phi) is 6.39. The van der Waals surface area contributed by atoms with E-state index in [0.29, 0.717) is 5.82 Å². The van der Waals surface area contributed by atoms with Crippen LogP contribution in [0, 0.1) is 0 Å². The van der Waals surface area contributed by atoms with Gasteiger partial charge in [0.25, 0.3) is 0 Å². The number of benzene rings is 5. The standard InChI is InChI=1S/C42H26N4O/c1-2-9-29(10-3-1)42-45-37(26-38(46-42)36-16-7-15-35-34-13-4-5-17-39(34)47-41(35)36)32-24-30(27-18-21-43-22-19-27)23-31(25-32)33-14-6-11-28-12-8-20-44-40(28)33/h1-26H. The highest BCUT2D eigenvalue weighted by molar-refractivity contribution is 6.09. The van der Waals surface area contributed by atoms with Gasteiger partial charge in [-0.25, -0.2) is 9.97 Å². The van der Waals surface area contributed by atoms with E-state index in [1.807, 2.05) is 85.3 Å². The van der Waals surface area contributed by atoms with Crippen molar-refractivity contribution >= 4 is 32.8 Å². The average molecular weight is 603 g/mol. The van der Waals surface area contributed by atoms with Crippen LogP contribution in [-0.2, 0) is 0 Å². The van der Waals surface area contributed by atoms with E-state index >= 15 is 0 Å². The van der Waals surface area contributed by atoms with Crippen molar-refractivity contribution in [3.63, 3.8) is 0 Å². The number of fused-ring (bicyclic) bond motifs is 4. The van der Waals surface area contributed by atoms with E-state index in [2.05, 4.69) is 77.8 Å². The van der Waals surface area contributed by atoms with Crippen molar-refractivity contribution in [3.05, 3.63) is 158 Å². The molecule has 220 valence electrons. The number of rotatable bonds is 5. The van der Waals surface area contributed by atoms with Gasteiger partial charge < -0.3 is 4.42 Å². The van der Waals surface area contributed by atoms with E-state index in [-0.39, 0.29) is 0 Å². The molecule has 0 saturated heterocycles. The molecule has 5 heteroatoms. The third-order valence-corrected chi connectivity index (χ3v) is 8.62. The molecular formula is C42H26N4O. The van der Waals surface area contributed by atoms with Gasteiger partial charge in [0, 0.05) is 57.0 Å². The van der Waals surface area contributed by atoms with E-state index in [1.54, 1.807) is 0 Å². The van der Waals surface area contributed by atoms with Crippen molar-refractivity contribution in [3.8, 4) is 56.2 Å². The highest BCUT2D eigenvalue weighted by Gasteiger charge is 2.18. The van der Waals surface area contributed by atoms with Crippen LogP contribution in [0.4, 0.5) is 0 Å². The number of pyridine rings is 2. The van der Waals surface area contributed by atoms with Crippen LogP contribution in [0.5, 0.6) is 0 Å². The van der Waals surface area contributed by atoms with Crippen LogP contribution in [0.2, 0.25) is 0 Å². The lowest BCUT2D eigenvalue weighted by molar-refractivity contribution is 0.670. The van der Waals surface area contributed by atoms with Crippen LogP contribution < -0.4 is 0 Å². The normalized spacial score (nSPS) is 11.4. The maximum atomic E-state index is 6.45.